The fourth-order valence-electron chi connectivity index (χ4n) is 3.33. The van der Waals surface area contributed by atoms with E-state index in [-0.39, 0.29) is 13.2 Å². The monoisotopic (exact) mass is 426 g/mol. The maximum absolute atomic E-state index is 10.8. The van der Waals surface area contributed by atoms with Crippen LogP contribution < -0.4 is 0 Å². The standard InChI is InChI=1S/C20H20Cl2O6/c21-13-7-3-1-5-11(13)19-26-10-16(27-19)17(24)18-15(23)9-25-20(28-18)12-6-2-4-8-14(12)22/h1-8,15-20,23-24H,9-10H2/t15-,16+,17+,18+,19?,20?/m1/s1. The van der Waals surface area contributed by atoms with Gasteiger partial charge in [0.05, 0.1) is 13.2 Å². The van der Waals surface area contributed by atoms with Crippen LogP contribution in [0.3, 0.4) is 0 Å². The van der Waals surface area contributed by atoms with E-state index < -0.39 is 37.0 Å². The molecule has 8 heteroatoms. The molecule has 6 atom stereocenters. The van der Waals surface area contributed by atoms with Gasteiger partial charge in [-0.25, -0.2) is 0 Å². The fourth-order valence-corrected chi connectivity index (χ4v) is 3.78. The van der Waals surface area contributed by atoms with E-state index >= 15 is 0 Å². The molecule has 0 amide bonds. The minimum atomic E-state index is -1.13. The number of ether oxygens (including phenoxy) is 4. The summed E-state index contributed by atoms with van der Waals surface area (Å²) < 4.78 is 22.9. The number of aliphatic hydroxyl groups excluding tert-OH is 2. The molecule has 6 nitrogen and oxygen atoms in total. The molecular formula is C20H20Cl2O6. The molecule has 2 fully saturated rings. The highest BCUT2D eigenvalue weighted by molar-refractivity contribution is 6.31. The smallest absolute Gasteiger partial charge is 0.185 e. The van der Waals surface area contributed by atoms with Crippen molar-refractivity contribution in [3.8, 4) is 0 Å². The van der Waals surface area contributed by atoms with Crippen molar-refractivity contribution in [3.63, 3.8) is 0 Å². The fraction of sp³-hybridized carbons (Fsp3) is 0.400. The predicted molar refractivity (Wildman–Crippen MR) is 102 cm³/mol. The first-order valence-electron chi connectivity index (χ1n) is 8.93. The van der Waals surface area contributed by atoms with E-state index in [1.165, 1.54) is 0 Å². The molecule has 2 aromatic carbocycles. The quantitative estimate of drug-likeness (QED) is 0.781. The van der Waals surface area contributed by atoms with E-state index in [9.17, 15) is 10.2 Å². The normalized spacial score (nSPS) is 31.6. The van der Waals surface area contributed by atoms with Crippen molar-refractivity contribution in [2.24, 2.45) is 0 Å². The second kappa shape index (κ2) is 8.65. The highest BCUT2D eigenvalue weighted by Gasteiger charge is 2.43. The van der Waals surface area contributed by atoms with E-state index in [0.29, 0.717) is 21.2 Å². The molecular weight excluding hydrogens is 407 g/mol. The van der Waals surface area contributed by atoms with Gasteiger partial charge in [0.2, 0.25) is 0 Å². The maximum Gasteiger partial charge on any atom is 0.185 e. The Hall–Kier alpha value is -1.22. The average molecular weight is 427 g/mol. The molecule has 2 unspecified atom stereocenters. The van der Waals surface area contributed by atoms with Gasteiger partial charge in [-0.3, -0.25) is 0 Å². The van der Waals surface area contributed by atoms with Gasteiger partial charge in [0.25, 0.3) is 0 Å². The molecule has 0 saturated carbocycles. The number of benzene rings is 2. The third kappa shape index (κ3) is 4.06. The van der Waals surface area contributed by atoms with Crippen LogP contribution in [0.5, 0.6) is 0 Å². The van der Waals surface area contributed by atoms with Crippen LogP contribution in [0.2, 0.25) is 10.0 Å². The molecule has 2 saturated heterocycles. The molecule has 0 aliphatic carbocycles. The van der Waals surface area contributed by atoms with Crippen molar-refractivity contribution in [2.45, 2.75) is 37.0 Å². The van der Waals surface area contributed by atoms with Crippen LogP contribution in [-0.2, 0) is 18.9 Å². The molecule has 2 N–H and O–H groups in total. The lowest BCUT2D eigenvalue weighted by molar-refractivity contribution is -0.283. The van der Waals surface area contributed by atoms with Crippen LogP contribution in [0.15, 0.2) is 48.5 Å². The summed E-state index contributed by atoms with van der Waals surface area (Å²) in [5, 5.41) is 22.1. The van der Waals surface area contributed by atoms with Crippen LogP contribution in [0, 0.1) is 0 Å². The van der Waals surface area contributed by atoms with Gasteiger partial charge in [-0.05, 0) is 12.1 Å². The van der Waals surface area contributed by atoms with Crippen LogP contribution in [0.1, 0.15) is 23.7 Å². The van der Waals surface area contributed by atoms with Crippen LogP contribution in [-0.4, -0.2) is 47.8 Å². The molecule has 0 radical (unpaired) electrons. The van der Waals surface area contributed by atoms with Gasteiger partial charge in [0, 0.05) is 21.2 Å². The summed E-state index contributed by atoms with van der Waals surface area (Å²) in [5.74, 6) is 0. The Balaban J connectivity index is 1.45. The number of rotatable bonds is 4. The summed E-state index contributed by atoms with van der Waals surface area (Å²) in [6.45, 7) is 0.139. The molecule has 0 spiro atoms. The van der Waals surface area contributed by atoms with Gasteiger partial charge in [-0.2, -0.15) is 0 Å². The lowest BCUT2D eigenvalue weighted by atomic mass is 10.0. The van der Waals surface area contributed by atoms with Crippen molar-refractivity contribution in [1.29, 1.82) is 0 Å². The lowest BCUT2D eigenvalue weighted by Crippen LogP contribution is -2.52. The number of hydrogen-bond donors (Lipinski definition) is 2. The van der Waals surface area contributed by atoms with Gasteiger partial charge >= 0.3 is 0 Å². The van der Waals surface area contributed by atoms with Crippen LogP contribution in [0.25, 0.3) is 0 Å². The molecule has 0 aromatic heterocycles. The summed E-state index contributed by atoms with van der Waals surface area (Å²) in [6.07, 6.45) is -5.24. The summed E-state index contributed by atoms with van der Waals surface area (Å²) >= 11 is 12.4. The maximum atomic E-state index is 10.8. The molecule has 2 aliphatic heterocycles. The van der Waals surface area contributed by atoms with E-state index in [0.717, 1.165) is 0 Å². The zero-order chi connectivity index (χ0) is 19.7. The first kappa shape index (κ1) is 20.1. The molecule has 0 bridgehead atoms. The Morgan fingerprint density at radius 2 is 1.36 bits per heavy atom. The molecule has 4 rings (SSSR count). The average Bonchev–Trinajstić information content (AvgIpc) is 3.19. The molecule has 28 heavy (non-hydrogen) atoms. The first-order valence-corrected chi connectivity index (χ1v) is 9.69. The zero-order valence-electron chi connectivity index (χ0n) is 14.8. The van der Waals surface area contributed by atoms with Crippen LogP contribution in [0.4, 0.5) is 0 Å². The van der Waals surface area contributed by atoms with Crippen molar-refractivity contribution in [1.82, 2.24) is 0 Å². The van der Waals surface area contributed by atoms with E-state index in [1.54, 1.807) is 30.3 Å². The second-order valence-corrected chi connectivity index (χ2v) is 7.52. The van der Waals surface area contributed by atoms with E-state index in [4.69, 9.17) is 42.1 Å². The zero-order valence-corrected chi connectivity index (χ0v) is 16.3. The Bertz CT molecular complexity index is 819. The van der Waals surface area contributed by atoms with Crippen molar-refractivity contribution >= 4 is 23.2 Å². The Labute approximate surface area is 172 Å². The van der Waals surface area contributed by atoms with Gasteiger partial charge in [0.1, 0.15) is 24.4 Å². The highest BCUT2D eigenvalue weighted by atomic mass is 35.5. The highest BCUT2D eigenvalue weighted by Crippen LogP contribution is 2.36. The Morgan fingerprint density at radius 3 is 1.96 bits per heavy atom. The van der Waals surface area contributed by atoms with Crippen molar-refractivity contribution in [3.05, 3.63) is 69.7 Å². The van der Waals surface area contributed by atoms with Gasteiger partial charge in [-0.15, -0.1) is 0 Å². The molecule has 2 aromatic rings. The predicted octanol–water partition coefficient (Wildman–Crippen LogP) is 3.24. The summed E-state index contributed by atoms with van der Waals surface area (Å²) in [5.41, 5.74) is 1.31. The molecule has 2 heterocycles. The first-order chi connectivity index (χ1) is 13.5. The lowest BCUT2D eigenvalue weighted by Gasteiger charge is -2.38. The largest absolute Gasteiger partial charge is 0.388 e. The Kier molecular flexibility index (Phi) is 6.20. The topological polar surface area (TPSA) is 77.4 Å². The minimum Gasteiger partial charge on any atom is -0.388 e. The minimum absolute atomic E-state index is 0.000858. The third-order valence-corrected chi connectivity index (χ3v) is 5.51. The van der Waals surface area contributed by atoms with Gasteiger partial charge in [-0.1, -0.05) is 59.6 Å². The van der Waals surface area contributed by atoms with Crippen LogP contribution >= 0.6 is 23.2 Å². The number of halogens is 2. The van der Waals surface area contributed by atoms with Gasteiger partial charge < -0.3 is 29.2 Å². The number of hydrogen-bond acceptors (Lipinski definition) is 6. The SMILES string of the molecule is O[C@H]([C@H]1OC(c2ccccc2Cl)OC[C@H]1O)[C@@H]1COC(c2ccccc2Cl)O1. The summed E-state index contributed by atoms with van der Waals surface area (Å²) in [4.78, 5) is 0. The summed E-state index contributed by atoms with van der Waals surface area (Å²) in [7, 11) is 0. The third-order valence-electron chi connectivity index (χ3n) is 4.82. The van der Waals surface area contributed by atoms with E-state index in [1.807, 2.05) is 18.2 Å². The van der Waals surface area contributed by atoms with Crippen molar-refractivity contribution in [2.75, 3.05) is 13.2 Å². The summed E-state index contributed by atoms with van der Waals surface area (Å²) in [6, 6.07) is 14.3. The van der Waals surface area contributed by atoms with E-state index in [2.05, 4.69) is 0 Å². The second-order valence-electron chi connectivity index (χ2n) is 6.71. The number of aliphatic hydroxyl groups is 2. The van der Waals surface area contributed by atoms with Gasteiger partial charge in [0.15, 0.2) is 12.6 Å². The Morgan fingerprint density at radius 1 is 0.821 bits per heavy atom. The molecule has 2 aliphatic rings. The molecule has 150 valence electrons. The van der Waals surface area contributed by atoms with Crippen molar-refractivity contribution < 1.29 is 29.2 Å².